The SMILES string of the molecule is CCCCCCCCOCCOCCOCCN=O. The minimum absolute atomic E-state index is 0.210. The third kappa shape index (κ3) is 17.5. The van der Waals surface area contributed by atoms with Gasteiger partial charge in [-0.2, -0.15) is 4.91 Å². The van der Waals surface area contributed by atoms with Crippen LogP contribution in [0.1, 0.15) is 45.4 Å². The smallest absolute Gasteiger partial charge is 0.104 e. The number of hydrogen-bond donors (Lipinski definition) is 0. The summed E-state index contributed by atoms with van der Waals surface area (Å²) in [6.07, 6.45) is 7.72. The standard InChI is InChI=1S/C14H29NO4/c1-2-3-4-5-6-7-9-17-11-13-19-14-12-18-10-8-15-16/h2-14H2,1H3. The Morgan fingerprint density at radius 3 is 1.84 bits per heavy atom. The number of nitroso groups, excluding NO2 is 1. The van der Waals surface area contributed by atoms with Crippen molar-refractivity contribution in [2.75, 3.05) is 46.2 Å². The van der Waals surface area contributed by atoms with Gasteiger partial charge >= 0.3 is 0 Å². The zero-order chi connectivity index (χ0) is 14.0. The number of ether oxygens (including phenoxy) is 3. The lowest BCUT2D eigenvalue weighted by atomic mass is 10.1. The molecule has 0 saturated carbocycles. The van der Waals surface area contributed by atoms with Crippen molar-refractivity contribution in [2.24, 2.45) is 5.18 Å². The highest BCUT2D eigenvalue weighted by Gasteiger charge is 1.93. The van der Waals surface area contributed by atoms with Crippen LogP contribution in [0.5, 0.6) is 0 Å². The second kappa shape index (κ2) is 17.5. The van der Waals surface area contributed by atoms with Gasteiger partial charge in [0.2, 0.25) is 0 Å². The molecule has 0 rings (SSSR count). The van der Waals surface area contributed by atoms with E-state index in [2.05, 4.69) is 12.1 Å². The lowest BCUT2D eigenvalue weighted by Gasteiger charge is -2.06. The molecule has 0 unspecified atom stereocenters. The van der Waals surface area contributed by atoms with E-state index >= 15 is 0 Å². The second-order valence-corrected chi connectivity index (χ2v) is 4.46. The highest BCUT2D eigenvalue weighted by atomic mass is 16.5. The molecule has 5 nitrogen and oxygen atoms in total. The van der Waals surface area contributed by atoms with Crippen molar-refractivity contribution in [3.05, 3.63) is 4.91 Å². The Bertz CT molecular complexity index is 179. The summed E-state index contributed by atoms with van der Waals surface area (Å²) in [4.78, 5) is 9.76. The van der Waals surface area contributed by atoms with Gasteiger partial charge in [0.05, 0.1) is 33.0 Å². The maximum absolute atomic E-state index is 9.76. The van der Waals surface area contributed by atoms with Gasteiger partial charge in [0.15, 0.2) is 0 Å². The quantitative estimate of drug-likeness (QED) is 0.321. The molecule has 0 aromatic carbocycles. The van der Waals surface area contributed by atoms with Crippen LogP contribution in [0.2, 0.25) is 0 Å². The Balaban J connectivity index is 2.89. The number of rotatable bonds is 16. The fourth-order valence-electron chi connectivity index (χ4n) is 1.63. The average Bonchev–Trinajstić information content (AvgIpc) is 2.43. The van der Waals surface area contributed by atoms with Gasteiger partial charge in [0.25, 0.3) is 0 Å². The van der Waals surface area contributed by atoms with Crippen molar-refractivity contribution < 1.29 is 14.2 Å². The summed E-state index contributed by atoms with van der Waals surface area (Å²) in [7, 11) is 0. The molecule has 0 atom stereocenters. The van der Waals surface area contributed by atoms with Crippen molar-refractivity contribution in [1.82, 2.24) is 0 Å². The van der Waals surface area contributed by atoms with Gasteiger partial charge in [0.1, 0.15) is 6.54 Å². The maximum atomic E-state index is 9.76. The van der Waals surface area contributed by atoms with Crippen molar-refractivity contribution >= 4 is 0 Å². The van der Waals surface area contributed by atoms with Gasteiger partial charge in [-0.05, 0) is 6.42 Å². The molecular weight excluding hydrogens is 246 g/mol. The van der Waals surface area contributed by atoms with E-state index in [1.165, 1.54) is 32.1 Å². The molecule has 0 aliphatic rings. The van der Waals surface area contributed by atoms with Crippen LogP contribution >= 0.6 is 0 Å². The molecule has 0 heterocycles. The zero-order valence-electron chi connectivity index (χ0n) is 12.3. The van der Waals surface area contributed by atoms with E-state index < -0.39 is 0 Å². The molecular formula is C14H29NO4. The molecule has 0 radical (unpaired) electrons. The molecule has 0 aliphatic carbocycles. The number of hydrogen-bond acceptors (Lipinski definition) is 5. The fraction of sp³-hybridized carbons (Fsp3) is 1.00. The minimum atomic E-state index is 0.210. The Labute approximate surface area is 117 Å². The van der Waals surface area contributed by atoms with Crippen molar-refractivity contribution in [2.45, 2.75) is 45.4 Å². The van der Waals surface area contributed by atoms with E-state index in [1.54, 1.807) is 0 Å². The first-order valence-corrected chi connectivity index (χ1v) is 7.44. The highest BCUT2D eigenvalue weighted by molar-refractivity contribution is 4.43. The summed E-state index contributed by atoms with van der Waals surface area (Å²) >= 11 is 0. The van der Waals surface area contributed by atoms with E-state index in [0.717, 1.165) is 13.0 Å². The van der Waals surface area contributed by atoms with E-state index in [1.807, 2.05) is 0 Å². The van der Waals surface area contributed by atoms with Gasteiger partial charge < -0.3 is 14.2 Å². The van der Waals surface area contributed by atoms with E-state index in [9.17, 15) is 4.91 Å². The van der Waals surface area contributed by atoms with Gasteiger partial charge in [-0.25, -0.2) is 0 Å². The number of nitrogens with zero attached hydrogens (tertiary/aromatic N) is 1. The summed E-state index contributed by atoms with van der Waals surface area (Å²) in [5.74, 6) is 0. The zero-order valence-corrected chi connectivity index (χ0v) is 12.3. The van der Waals surface area contributed by atoms with Gasteiger partial charge in [-0.1, -0.05) is 44.2 Å². The minimum Gasteiger partial charge on any atom is -0.379 e. The third-order valence-electron chi connectivity index (χ3n) is 2.71. The van der Waals surface area contributed by atoms with Crippen molar-refractivity contribution in [3.8, 4) is 0 Å². The normalized spacial score (nSPS) is 10.8. The lowest BCUT2D eigenvalue weighted by Crippen LogP contribution is -2.10. The van der Waals surface area contributed by atoms with Crippen molar-refractivity contribution in [1.29, 1.82) is 0 Å². The third-order valence-corrected chi connectivity index (χ3v) is 2.71. The lowest BCUT2D eigenvalue weighted by molar-refractivity contribution is 0.0153. The molecule has 0 aromatic heterocycles. The Kier molecular flexibility index (Phi) is 17.0. The monoisotopic (exact) mass is 275 g/mol. The Hall–Kier alpha value is -0.520. The van der Waals surface area contributed by atoms with E-state index in [0.29, 0.717) is 33.0 Å². The summed E-state index contributed by atoms with van der Waals surface area (Å²) in [5, 5.41) is 2.70. The first-order valence-electron chi connectivity index (χ1n) is 7.44. The molecule has 114 valence electrons. The summed E-state index contributed by atoms with van der Waals surface area (Å²) in [6, 6.07) is 0. The molecule has 0 aliphatic heterocycles. The van der Waals surface area contributed by atoms with E-state index in [-0.39, 0.29) is 6.54 Å². The summed E-state index contributed by atoms with van der Waals surface area (Å²) in [5.41, 5.74) is 0. The number of unbranched alkanes of at least 4 members (excludes halogenated alkanes) is 5. The van der Waals surface area contributed by atoms with E-state index in [4.69, 9.17) is 14.2 Å². The maximum Gasteiger partial charge on any atom is 0.104 e. The predicted octanol–water partition coefficient (Wildman–Crippen LogP) is 3.16. The van der Waals surface area contributed by atoms with Crippen LogP contribution in [0.25, 0.3) is 0 Å². The largest absolute Gasteiger partial charge is 0.379 e. The van der Waals surface area contributed by atoms with Gasteiger partial charge in [0, 0.05) is 6.61 Å². The molecule has 5 heteroatoms. The average molecular weight is 275 g/mol. The van der Waals surface area contributed by atoms with Gasteiger partial charge in [-0.3, -0.25) is 0 Å². The first-order chi connectivity index (χ1) is 9.41. The molecule has 0 aromatic rings. The molecule has 0 bridgehead atoms. The van der Waals surface area contributed by atoms with Crippen LogP contribution < -0.4 is 0 Å². The Morgan fingerprint density at radius 2 is 1.21 bits per heavy atom. The van der Waals surface area contributed by atoms with Crippen LogP contribution in [0.3, 0.4) is 0 Å². The highest BCUT2D eigenvalue weighted by Crippen LogP contribution is 2.04. The van der Waals surface area contributed by atoms with Crippen LogP contribution in [-0.2, 0) is 14.2 Å². The van der Waals surface area contributed by atoms with Crippen LogP contribution in [-0.4, -0.2) is 46.2 Å². The van der Waals surface area contributed by atoms with Crippen LogP contribution in [0.4, 0.5) is 0 Å². The first kappa shape index (κ1) is 18.5. The second-order valence-electron chi connectivity index (χ2n) is 4.46. The molecule has 0 saturated heterocycles. The summed E-state index contributed by atoms with van der Waals surface area (Å²) < 4.78 is 15.9. The summed E-state index contributed by atoms with van der Waals surface area (Å²) in [6.45, 7) is 5.94. The van der Waals surface area contributed by atoms with Crippen molar-refractivity contribution in [3.63, 3.8) is 0 Å². The van der Waals surface area contributed by atoms with Crippen LogP contribution in [0, 0.1) is 4.91 Å². The molecule has 0 amide bonds. The molecule has 0 fully saturated rings. The topological polar surface area (TPSA) is 57.1 Å². The predicted molar refractivity (Wildman–Crippen MR) is 76.5 cm³/mol. The fourth-order valence-corrected chi connectivity index (χ4v) is 1.63. The van der Waals surface area contributed by atoms with Crippen LogP contribution in [0.15, 0.2) is 5.18 Å². The molecule has 0 N–H and O–H groups in total. The molecule has 0 spiro atoms. The van der Waals surface area contributed by atoms with Gasteiger partial charge in [-0.15, -0.1) is 0 Å². The molecule has 19 heavy (non-hydrogen) atoms. The Morgan fingerprint density at radius 1 is 0.684 bits per heavy atom.